The van der Waals surface area contributed by atoms with Gasteiger partial charge in [-0.05, 0) is 55.3 Å². The maximum atomic E-state index is 11.3. The number of hydrogen-bond donors (Lipinski definition) is 1. The first-order chi connectivity index (χ1) is 16.2. The lowest BCUT2D eigenvalue weighted by Gasteiger charge is -2.29. The normalized spacial score (nSPS) is 14.2. The van der Waals surface area contributed by atoms with Crippen LogP contribution in [0.5, 0.6) is 11.5 Å². The molecule has 0 bridgehead atoms. The van der Waals surface area contributed by atoms with Gasteiger partial charge in [0.15, 0.2) is 5.13 Å². The molecule has 33 heavy (non-hydrogen) atoms. The first kappa shape index (κ1) is 21.2. The van der Waals surface area contributed by atoms with Crippen LogP contribution in [-0.2, 0) is 4.79 Å². The quantitative estimate of drug-likeness (QED) is 0.385. The average molecular weight is 458 g/mol. The largest absolute Gasteiger partial charge is 0.481 e. The van der Waals surface area contributed by atoms with E-state index in [-0.39, 0.29) is 5.92 Å². The summed E-state index contributed by atoms with van der Waals surface area (Å²) < 4.78 is 5.93. The smallest absolute Gasteiger partial charge is 0.306 e. The van der Waals surface area contributed by atoms with Crippen LogP contribution in [0.15, 0.2) is 79.1 Å². The molecule has 7 heteroatoms. The molecule has 0 saturated carbocycles. The van der Waals surface area contributed by atoms with E-state index in [1.807, 2.05) is 72.9 Å². The van der Waals surface area contributed by atoms with Gasteiger partial charge in [0, 0.05) is 36.6 Å². The number of thiazole rings is 1. The Morgan fingerprint density at radius 2 is 1.67 bits per heavy atom. The summed E-state index contributed by atoms with van der Waals surface area (Å²) in [6.45, 7) is 1.39. The molecule has 0 aliphatic carbocycles. The number of carboxylic acids is 1. The SMILES string of the molecule is O=C(O)C1CCN(c2nc(-c3ccc(Oc4ccccc4)cc3)c(-c3cccnc3)s2)CC1. The highest BCUT2D eigenvalue weighted by Crippen LogP contribution is 2.41. The van der Waals surface area contributed by atoms with Crippen molar-refractivity contribution in [2.75, 3.05) is 18.0 Å². The lowest BCUT2D eigenvalue weighted by atomic mass is 9.97. The van der Waals surface area contributed by atoms with Gasteiger partial charge >= 0.3 is 5.97 Å². The van der Waals surface area contributed by atoms with Gasteiger partial charge in [-0.25, -0.2) is 4.98 Å². The third kappa shape index (κ3) is 4.73. The number of benzene rings is 2. The number of piperidine rings is 1. The fourth-order valence-corrected chi connectivity index (χ4v) is 5.09. The summed E-state index contributed by atoms with van der Waals surface area (Å²) in [6, 6.07) is 21.6. The van der Waals surface area contributed by atoms with Crippen molar-refractivity contribution in [2.45, 2.75) is 12.8 Å². The molecule has 1 fully saturated rings. The van der Waals surface area contributed by atoms with Crippen LogP contribution in [0.25, 0.3) is 21.7 Å². The van der Waals surface area contributed by atoms with Crippen molar-refractivity contribution >= 4 is 22.4 Å². The Bertz CT molecular complexity index is 1220. The number of carboxylic acid groups (broad SMARTS) is 1. The van der Waals surface area contributed by atoms with Gasteiger partial charge in [0.05, 0.1) is 16.5 Å². The van der Waals surface area contributed by atoms with E-state index in [0.717, 1.165) is 38.3 Å². The van der Waals surface area contributed by atoms with E-state index in [4.69, 9.17) is 9.72 Å². The number of ether oxygens (including phenoxy) is 1. The molecule has 5 rings (SSSR count). The summed E-state index contributed by atoms with van der Waals surface area (Å²) in [5, 5.41) is 10.2. The predicted molar refractivity (Wildman–Crippen MR) is 130 cm³/mol. The van der Waals surface area contributed by atoms with Crippen molar-refractivity contribution in [1.29, 1.82) is 0 Å². The maximum absolute atomic E-state index is 11.3. The molecule has 0 unspecified atom stereocenters. The molecule has 4 aromatic rings. The van der Waals surface area contributed by atoms with E-state index in [9.17, 15) is 9.90 Å². The number of anilines is 1. The Hall–Kier alpha value is -3.71. The van der Waals surface area contributed by atoms with Crippen LogP contribution >= 0.6 is 11.3 Å². The van der Waals surface area contributed by atoms with Gasteiger partial charge in [0.25, 0.3) is 0 Å². The third-order valence-corrected chi connectivity index (χ3v) is 6.93. The Labute approximate surface area is 196 Å². The van der Waals surface area contributed by atoms with Gasteiger partial charge in [-0.2, -0.15) is 0 Å². The Balaban J connectivity index is 1.44. The lowest BCUT2D eigenvalue weighted by Crippen LogP contribution is -2.36. The van der Waals surface area contributed by atoms with E-state index in [0.29, 0.717) is 25.9 Å². The molecule has 2 aromatic heterocycles. The first-order valence-electron chi connectivity index (χ1n) is 10.9. The first-order valence-corrected chi connectivity index (χ1v) is 11.7. The summed E-state index contributed by atoms with van der Waals surface area (Å²) in [4.78, 5) is 23.8. The predicted octanol–water partition coefficient (Wildman–Crippen LogP) is 5.97. The molecule has 0 radical (unpaired) electrons. The van der Waals surface area contributed by atoms with E-state index >= 15 is 0 Å². The zero-order valence-electron chi connectivity index (χ0n) is 17.9. The number of pyridine rings is 1. The van der Waals surface area contributed by atoms with E-state index < -0.39 is 5.97 Å². The molecule has 2 aromatic carbocycles. The summed E-state index contributed by atoms with van der Waals surface area (Å²) >= 11 is 1.63. The number of hydrogen-bond acceptors (Lipinski definition) is 6. The fraction of sp³-hybridized carbons (Fsp3) is 0.192. The van der Waals surface area contributed by atoms with Crippen molar-refractivity contribution in [3.05, 3.63) is 79.1 Å². The van der Waals surface area contributed by atoms with Crippen LogP contribution in [0.3, 0.4) is 0 Å². The van der Waals surface area contributed by atoms with Gasteiger partial charge in [0.2, 0.25) is 0 Å². The van der Waals surface area contributed by atoms with E-state index in [1.54, 1.807) is 17.5 Å². The highest BCUT2D eigenvalue weighted by atomic mass is 32.1. The molecule has 0 spiro atoms. The number of carbonyl (C=O) groups is 1. The van der Waals surface area contributed by atoms with Gasteiger partial charge in [-0.3, -0.25) is 9.78 Å². The molecule has 1 aliphatic heterocycles. The van der Waals surface area contributed by atoms with E-state index in [1.165, 1.54) is 0 Å². The van der Waals surface area contributed by atoms with Crippen LogP contribution in [-0.4, -0.2) is 34.1 Å². The van der Waals surface area contributed by atoms with Crippen molar-refractivity contribution in [3.63, 3.8) is 0 Å². The number of rotatable bonds is 6. The second kappa shape index (κ2) is 9.42. The minimum atomic E-state index is -0.705. The number of aliphatic carboxylic acids is 1. The fourth-order valence-electron chi connectivity index (χ4n) is 3.96. The maximum Gasteiger partial charge on any atom is 0.306 e. The summed E-state index contributed by atoms with van der Waals surface area (Å²) in [5.41, 5.74) is 2.91. The Kier molecular flexibility index (Phi) is 6.04. The van der Waals surface area contributed by atoms with Crippen LogP contribution in [0.4, 0.5) is 5.13 Å². The van der Waals surface area contributed by atoms with Crippen molar-refractivity contribution in [1.82, 2.24) is 9.97 Å². The Morgan fingerprint density at radius 3 is 2.33 bits per heavy atom. The van der Waals surface area contributed by atoms with Crippen LogP contribution in [0.2, 0.25) is 0 Å². The number of aromatic nitrogens is 2. The monoisotopic (exact) mass is 457 g/mol. The van der Waals surface area contributed by atoms with Crippen LogP contribution < -0.4 is 9.64 Å². The molecule has 166 valence electrons. The van der Waals surface area contributed by atoms with Crippen molar-refractivity contribution in [2.24, 2.45) is 5.92 Å². The summed E-state index contributed by atoms with van der Waals surface area (Å²) in [6.07, 6.45) is 4.89. The minimum absolute atomic E-state index is 0.268. The van der Waals surface area contributed by atoms with Gasteiger partial charge in [-0.15, -0.1) is 0 Å². The molecule has 0 amide bonds. The molecule has 1 N–H and O–H groups in total. The highest BCUT2D eigenvalue weighted by molar-refractivity contribution is 7.19. The number of nitrogens with zero attached hydrogens (tertiary/aromatic N) is 3. The van der Waals surface area contributed by atoms with Crippen LogP contribution in [0, 0.1) is 5.92 Å². The second-order valence-electron chi connectivity index (χ2n) is 7.95. The van der Waals surface area contributed by atoms with Crippen LogP contribution in [0.1, 0.15) is 12.8 Å². The molecule has 3 heterocycles. The second-order valence-corrected chi connectivity index (χ2v) is 8.93. The number of para-hydroxylation sites is 1. The van der Waals surface area contributed by atoms with E-state index in [2.05, 4.69) is 9.88 Å². The summed E-state index contributed by atoms with van der Waals surface area (Å²) in [7, 11) is 0. The standard InChI is InChI=1S/C26H23N3O3S/c30-25(31)19-12-15-29(16-13-19)26-28-23(24(33-26)20-5-4-14-27-17-20)18-8-10-22(11-9-18)32-21-6-2-1-3-7-21/h1-11,14,17,19H,12-13,15-16H2,(H,30,31). The molecular formula is C26H23N3O3S. The topological polar surface area (TPSA) is 75.5 Å². The zero-order valence-corrected chi connectivity index (χ0v) is 18.7. The Morgan fingerprint density at radius 1 is 0.939 bits per heavy atom. The van der Waals surface area contributed by atoms with Gasteiger partial charge in [0.1, 0.15) is 11.5 Å². The minimum Gasteiger partial charge on any atom is -0.481 e. The highest BCUT2D eigenvalue weighted by Gasteiger charge is 2.27. The molecular weight excluding hydrogens is 434 g/mol. The van der Waals surface area contributed by atoms with Crippen molar-refractivity contribution in [3.8, 4) is 33.2 Å². The molecule has 0 atom stereocenters. The molecule has 1 aliphatic rings. The van der Waals surface area contributed by atoms with Crippen molar-refractivity contribution < 1.29 is 14.6 Å². The molecule has 6 nitrogen and oxygen atoms in total. The lowest BCUT2D eigenvalue weighted by molar-refractivity contribution is -0.142. The molecule has 1 saturated heterocycles. The van der Waals surface area contributed by atoms with Gasteiger partial charge in [-0.1, -0.05) is 35.6 Å². The van der Waals surface area contributed by atoms with Gasteiger partial charge < -0.3 is 14.7 Å². The zero-order chi connectivity index (χ0) is 22.6. The summed E-state index contributed by atoms with van der Waals surface area (Å²) in [5.74, 6) is 0.583. The third-order valence-electron chi connectivity index (χ3n) is 5.76. The average Bonchev–Trinajstić information content (AvgIpc) is 3.31.